The average molecular weight is 358 g/mol. The number of para-hydroxylation sites is 1. The number of anilines is 2. The Bertz CT molecular complexity index is 924. The lowest BCUT2D eigenvalue weighted by Crippen LogP contribution is -2.31. The number of carbonyl (C=O) groups is 1. The van der Waals surface area contributed by atoms with Crippen molar-refractivity contribution in [1.29, 1.82) is 0 Å². The molecule has 1 heterocycles. The molecule has 2 aromatic carbocycles. The highest BCUT2D eigenvalue weighted by atomic mass is 16.2. The fourth-order valence-electron chi connectivity index (χ4n) is 2.95. The number of hydrogen-bond acceptors (Lipinski definition) is 4. The Kier molecular flexibility index (Phi) is 4.83. The lowest BCUT2D eigenvalue weighted by molar-refractivity contribution is 0.0980. The number of rotatable bonds is 6. The molecule has 0 unspecified atom stereocenters. The Morgan fingerprint density at radius 2 is 1.70 bits per heavy atom. The van der Waals surface area contributed by atoms with E-state index in [-0.39, 0.29) is 5.91 Å². The molecule has 5 heteroatoms. The zero-order chi connectivity index (χ0) is 18.6. The van der Waals surface area contributed by atoms with Crippen LogP contribution in [0.15, 0.2) is 66.7 Å². The number of carbonyl (C=O) groups excluding carboxylic acids is 1. The minimum atomic E-state index is -0.130. The molecule has 0 saturated heterocycles. The summed E-state index contributed by atoms with van der Waals surface area (Å²) in [5.74, 6) is 0.406. The van der Waals surface area contributed by atoms with E-state index in [9.17, 15) is 4.79 Å². The molecule has 5 nitrogen and oxygen atoms in total. The summed E-state index contributed by atoms with van der Waals surface area (Å²) in [4.78, 5) is 24.0. The summed E-state index contributed by atoms with van der Waals surface area (Å²) in [6.07, 6.45) is 2.26. The molecule has 4 rings (SSSR count). The summed E-state index contributed by atoms with van der Waals surface area (Å²) >= 11 is 0. The van der Waals surface area contributed by atoms with E-state index in [1.165, 1.54) is 0 Å². The lowest BCUT2D eigenvalue weighted by Gasteiger charge is -2.23. The second kappa shape index (κ2) is 7.58. The van der Waals surface area contributed by atoms with Gasteiger partial charge in [-0.15, -0.1) is 0 Å². The molecular weight excluding hydrogens is 336 g/mol. The maximum atomic E-state index is 13.4. The van der Waals surface area contributed by atoms with Crippen LogP contribution in [-0.2, 0) is 6.54 Å². The molecule has 0 spiro atoms. The standard InChI is InChI=1S/C22H22N4O/c1-16-14-20(25-22(23-16)24-18-12-13-18)21(27)26(19-10-6-3-7-11-19)15-17-8-4-2-5-9-17/h2-11,14,18H,12-13,15H2,1H3,(H,23,24,25). The van der Waals surface area contributed by atoms with E-state index in [1.807, 2.05) is 67.6 Å². The number of amides is 1. The third-order valence-electron chi connectivity index (χ3n) is 4.48. The zero-order valence-electron chi connectivity index (χ0n) is 15.3. The maximum Gasteiger partial charge on any atom is 0.277 e. The van der Waals surface area contributed by atoms with Gasteiger partial charge in [0, 0.05) is 17.4 Å². The SMILES string of the molecule is Cc1cc(C(=O)N(Cc2ccccc2)c2ccccc2)nc(NC2CC2)n1. The van der Waals surface area contributed by atoms with Gasteiger partial charge < -0.3 is 10.2 Å². The summed E-state index contributed by atoms with van der Waals surface area (Å²) in [5, 5.41) is 3.29. The molecular formula is C22H22N4O. The maximum absolute atomic E-state index is 13.4. The number of aromatic nitrogens is 2. The van der Waals surface area contributed by atoms with Gasteiger partial charge in [0.25, 0.3) is 5.91 Å². The molecule has 1 aromatic heterocycles. The van der Waals surface area contributed by atoms with Crippen LogP contribution in [0.2, 0.25) is 0 Å². The van der Waals surface area contributed by atoms with Gasteiger partial charge in [-0.05, 0) is 43.5 Å². The van der Waals surface area contributed by atoms with Crippen molar-refractivity contribution in [3.05, 3.63) is 83.7 Å². The minimum absolute atomic E-state index is 0.130. The summed E-state index contributed by atoms with van der Waals surface area (Å²) in [5.41, 5.74) is 3.10. The van der Waals surface area contributed by atoms with Crippen LogP contribution in [0.3, 0.4) is 0 Å². The second-order valence-corrected chi connectivity index (χ2v) is 6.85. The van der Waals surface area contributed by atoms with Crippen molar-refractivity contribution >= 4 is 17.5 Å². The van der Waals surface area contributed by atoms with Crippen LogP contribution < -0.4 is 10.2 Å². The van der Waals surface area contributed by atoms with E-state index < -0.39 is 0 Å². The zero-order valence-corrected chi connectivity index (χ0v) is 15.3. The molecule has 0 atom stereocenters. The van der Waals surface area contributed by atoms with Gasteiger partial charge in [0.15, 0.2) is 0 Å². The minimum Gasteiger partial charge on any atom is -0.351 e. The molecule has 0 radical (unpaired) electrons. The molecule has 0 aliphatic heterocycles. The van der Waals surface area contributed by atoms with E-state index in [0.717, 1.165) is 29.8 Å². The first-order valence-electron chi connectivity index (χ1n) is 9.22. The van der Waals surface area contributed by atoms with E-state index in [0.29, 0.717) is 24.2 Å². The predicted molar refractivity (Wildman–Crippen MR) is 107 cm³/mol. The van der Waals surface area contributed by atoms with E-state index in [4.69, 9.17) is 0 Å². The summed E-state index contributed by atoms with van der Waals surface area (Å²) in [7, 11) is 0. The Hall–Kier alpha value is -3.21. The van der Waals surface area contributed by atoms with Gasteiger partial charge in [-0.3, -0.25) is 4.79 Å². The summed E-state index contributed by atoms with van der Waals surface area (Å²) < 4.78 is 0. The Labute approximate surface area is 159 Å². The Morgan fingerprint density at radius 1 is 1.04 bits per heavy atom. The van der Waals surface area contributed by atoms with E-state index in [1.54, 1.807) is 11.0 Å². The highest BCUT2D eigenvalue weighted by Gasteiger charge is 2.24. The van der Waals surface area contributed by atoms with Crippen LogP contribution in [0.25, 0.3) is 0 Å². The largest absolute Gasteiger partial charge is 0.351 e. The third-order valence-corrected chi connectivity index (χ3v) is 4.48. The van der Waals surface area contributed by atoms with Crippen molar-refractivity contribution in [2.75, 3.05) is 10.2 Å². The van der Waals surface area contributed by atoms with Crippen molar-refractivity contribution in [2.24, 2.45) is 0 Å². The van der Waals surface area contributed by atoms with Crippen molar-refractivity contribution in [3.63, 3.8) is 0 Å². The second-order valence-electron chi connectivity index (χ2n) is 6.85. The highest BCUT2D eigenvalue weighted by Crippen LogP contribution is 2.24. The molecule has 27 heavy (non-hydrogen) atoms. The summed E-state index contributed by atoms with van der Waals surface area (Å²) in [6.45, 7) is 2.37. The lowest BCUT2D eigenvalue weighted by atomic mass is 10.1. The molecule has 1 aliphatic carbocycles. The third kappa shape index (κ3) is 4.31. The van der Waals surface area contributed by atoms with Gasteiger partial charge in [0.1, 0.15) is 5.69 Å². The Morgan fingerprint density at radius 3 is 2.37 bits per heavy atom. The normalized spacial score (nSPS) is 13.2. The first-order chi connectivity index (χ1) is 13.2. The van der Waals surface area contributed by atoms with Crippen LogP contribution in [0, 0.1) is 6.92 Å². The molecule has 1 fully saturated rings. The van der Waals surface area contributed by atoms with E-state index >= 15 is 0 Å². The first kappa shape index (κ1) is 17.2. The van der Waals surface area contributed by atoms with Crippen molar-refractivity contribution in [3.8, 4) is 0 Å². The number of nitrogens with one attached hydrogen (secondary N) is 1. The quantitative estimate of drug-likeness (QED) is 0.717. The number of aryl methyl sites for hydroxylation is 1. The monoisotopic (exact) mass is 358 g/mol. The molecule has 3 aromatic rings. The van der Waals surface area contributed by atoms with Crippen LogP contribution in [0.5, 0.6) is 0 Å². The number of nitrogens with zero attached hydrogens (tertiary/aromatic N) is 3. The van der Waals surface area contributed by atoms with Crippen molar-refractivity contribution < 1.29 is 4.79 Å². The van der Waals surface area contributed by atoms with Gasteiger partial charge in [-0.2, -0.15) is 0 Å². The number of hydrogen-bond donors (Lipinski definition) is 1. The van der Waals surface area contributed by atoms with E-state index in [2.05, 4.69) is 15.3 Å². The molecule has 136 valence electrons. The smallest absolute Gasteiger partial charge is 0.277 e. The Balaban J connectivity index is 1.66. The molecule has 1 aliphatic rings. The fourth-order valence-corrected chi connectivity index (χ4v) is 2.95. The first-order valence-corrected chi connectivity index (χ1v) is 9.22. The van der Waals surface area contributed by atoms with Gasteiger partial charge in [-0.1, -0.05) is 48.5 Å². The molecule has 1 N–H and O–H groups in total. The topological polar surface area (TPSA) is 58.1 Å². The highest BCUT2D eigenvalue weighted by molar-refractivity contribution is 6.04. The van der Waals surface area contributed by atoms with Crippen molar-refractivity contribution in [2.45, 2.75) is 32.4 Å². The van der Waals surface area contributed by atoms with Gasteiger partial charge in [0.05, 0.1) is 6.54 Å². The predicted octanol–water partition coefficient (Wildman–Crippen LogP) is 4.21. The van der Waals surface area contributed by atoms with Crippen molar-refractivity contribution in [1.82, 2.24) is 9.97 Å². The van der Waals surface area contributed by atoms with Crippen LogP contribution in [-0.4, -0.2) is 21.9 Å². The van der Waals surface area contributed by atoms with Gasteiger partial charge >= 0.3 is 0 Å². The van der Waals surface area contributed by atoms with Gasteiger partial charge in [-0.25, -0.2) is 9.97 Å². The van der Waals surface area contributed by atoms with Crippen LogP contribution >= 0.6 is 0 Å². The number of benzene rings is 2. The van der Waals surface area contributed by atoms with Gasteiger partial charge in [0.2, 0.25) is 5.95 Å². The molecule has 1 amide bonds. The van der Waals surface area contributed by atoms with Crippen LogP contribution in [0.1, 0.15) is 34.6 Å². The van der Waals surface area contributed by atoms with Crippen LogP contribution in [0.4, 0.5) is 11.6 Å². The average Bonchev–Trinajstić information content (AvgIpc) is 3.50. The summed E-state index contributed by atoms with van der Waals surface area (Å²) in [6, 6.07) is 21.9. The molecule has 1 saturated carbocycles. The molecule has 0 bridgehead atoms. The fraction of sp³-hybridized carbons (Fsp3) is 0.227.